The molecule has 19 heavy (non-hydrogen) atoms. The van der Waals surface area contributed by atoms with Crippen molar-refractivity contribution in [1.82, 2.24) is 0 Å². The molecule has 0 unspecified atom stereocenters. The third-order valence-electron chi connectivity index (χ3n) is 2.54. The van der Waals surface area contributed by atoms with Gasteiger partial charge in [0.05, 0.1) is 5.56 Å². The average molecular weight is 284 g/mol. The Labute approximate surface area is 114 Å². The Bertz CT molecular complexity index is 582. The van der Waals surface area contributed by atoms with Crippen molar-refractivity contribution in [3.05, 3.63) is 59.4 Å². The maximum atomic E-state index is 13.8. The van der Waals surface area contributed by atoms with Crippen LogP contribution in [0.5, 0.6) is 5.75 Å². The second kappa shape index (κ2) is 5.17. The normalized spacial score (nSPS) is 11.4. The van der Waals surface area contributed by atoms with Crippen LogP contribution in [0.4, 0.5) is 13.2 Å². The van der Waals surface area contributed by atoms with E-state index in [4.69, 9.17) is 0 Å². The SMILES string of the molecule is Cc1ccc(C(F)(F)Oc2ccc(S)cc2F)cc1. The molecule has 0 bridgehead atoms. The Balaban J connectivity index is 2.27. The monoisotopic (exact) mass is 284 g/mol. The maximum absolute atomic E-state index is 13.8. The van der Waals surface area contributed by atoms with Gasteiger partial charge in [0.1, 0.15) is 0 Å². The molecular formula is C14H11F3OS. The van der Waals surface area contributed by atoms with Crippen LogP contribution in [0.2, 0.25) is 0 Å². The van der Waals surface area contributed by atoms with Crippen molar-refractivity contribution in [3.8, 4) is 5.75 Å². The minimum atomic E-state index is -3.59. The molecule has 0 N–H and O–H groups in total. The molecule has 0 aliphatic heterocycles. The lowest BCUT2D eigenvalue weighted by Crippen LogP contribution is -2.22. The largest absolute Gasteiger partial charge is 0.426 e. The summed E-state index contributed by atoms with van der Waals surface area (Å²) < 4.78 is 45.6. The van der Waals surface area contributed by atoms with E-state index in [1.54, 1.807) is 19.1 Å². The van der Waals surface area contributed by atoms with E-state index in [2.05, 4.69) is 17.4 Å². The van der Waals surface area contributed by atoms with E-state index in [-0.39, 0.29) is 5.56 Å². The first kappa shape index (κ1) is 13.8. The molecule has 0 atom stereocenters. The van der Waals surface area contributed by atoms with Crippen LogP contribution < -0.4 is 4.74 Å². The molecule has 2 rings (SSSR count). The molecular weight excluding hydrogens is 273 g/mol. The first-order valence-electron chi connectivity index (χ1n) is 5.51. The Hall–Kier alpha value is -1.62. The lowest BCUT2D eigenvalue weighted by Gasteiger charge is -2.18. The minimum absolute atomic E-state index is 0.326. The molecule has 2 aromatic carbocycles. The van der Waals surface area contributed by atoms with Gasteiger partial charge >= 0.3 is 6.11 Å². The average Bonchev–Trinajstić information content (AvgIpc) is 2.33. The smallest absolute Gasteiger partial charge is 0.426 e. The molecule has 0 fully saturated rings. The van der Waals surface area contributed by atoms with Crippen LogP contribution in [0.15, 0.2) is 47.4 Å². The molecule has 0 amide bonds. The molecule has 100 valence electrons. The number of rotatable bonds is 3. The molecule has 1 nitrogen and oxygen atoms in total. The first-order chi connectivity index (χ1) is 8.88. The molecule has 5 heteroatoms. The highest BCUT2D eigenvalue weighted by atomic mass is 32.1. The summed E-state index contributed by atoms with van der Waals surface area (Å²) in [6, 6.07) is 9.11. The summed E-state index contributed by atoms with van der Waals surface area (Å²) in [7, 11) is 0. The summed E-state index contributed by atoms with van der Waals surface area (Å²) in [5, 5.41) is 0. The van der Waals surface area contributed by atoms with Gasteiger partial charge in [-0.1, -0.05) is 17.7 Å². The molecule has 0 saturated heterocycles. The first-order valence-corrected chi connectivity index (χ1v) is 5.96. The third-order valence-corrected chi connectivity index (χ3v) is 2.82. The van der Waals surface area contributed by atoms with E-state index >= 15 is 0 Å². The Morgan fingerprint density at radius 1 is 1.05 bits per heavy atom. The molecule has 0 aliphatic carbocycles. The van der Waals surface area contributed by atoms with Gasteiger partial charge in [0.25, 0.3) is 0 Å². The lowest BCUT2D eigenvalue weighted by atomic mass is 10.1. The summed E-state index contributed by atoms with van der Waals surface area (Å²) in [4.78, 5) is 0.337. The zero-order valence-corrected chi connectivity index (χ0v) is 10.9. The van der Waals surface area contributed by atoms with Crippen LogP contribution in [0.25, 0.3) is 0 Å². The lowest BCUT2D eigenvalue weighted by molar-refractivity contribution is -0.186. The van der Waals surface area contributed by atoms with Crippen molar-refractivity contribution < 1.29 is 17.9 Å². The summed E-state index contributed by atoms with van der Waals surface area (Å²) in [6.45, 7) is 1.79. The standard InChI is InChI=1S/C14H11F3OS/c1-9-2-4-10(5-3-9)14(16,17)18-13-7-6-11(19)8-12(13)15/h2-8,19H,1H3. The Morgan fingerprint density at radius 3 is 2.26 bits per heavy atom. The summed E-state index contributed by atoms with van der Waals surface area (Å²) in [5.41, 5.74) is 0.526. The number of ether oxygens (including phenoxy) is 1. The number of hydrogen-bond donors (Lipinski definition) is 1. The van der Waals surface area contributed by atoms with Gasteiger partial charge in [-0.25, -0.2) is 4.39 Å². The summed E-state index contributed by atoms with van der Waals surface area (Å²) >= 11 is 3.91. The zero-order chi connectivity index (χ0) is 14.0. The Kier molecular flexibility index (Phi) is 3.75. The van der Waals surface area contributed by atoms with Gasteiger partial charge in [0.15, 0.2) is 11.6 Å². The van der Waals surface area contributed by atoms with Crippen molar-refractivity contribution in [2.45, 2.75) is 17.9 Å². The number of halogens is 3. The second-order valence-corrected chi connectivity index (χ2v) is 4.62. The van der Waals surface area contributed by atoms with Crippen LogP contribution in [-0.2, 0) is 6.11 Å². The van der Waals surface area contributed by atoms with Gasteiger partial charge in [0.2, 0.25) is 0 Å². The molecule has 0 aliphatic rings. The fourth-order valence-electron chi connectivity index (χ4n) is 1.52. The topological polar surface area (TPSA) is 9.23 Å². The van der Waals surface area contributed by atoms with Crippen molar-refractivity contribution in [1.29, 1.82) is 0 Å². The molecule has 2 aromatic rings. The van der Waals surface area contributed by atoms with E-state index in [0.717, 1.165) is 17.7 Å². The number of thiol groups is 1. The van der Waals surface area contributed by atoms with Crippen molar-refractivity contribution in [2.75, 3.05) is 0 Å². The zero-order valence-electron chi connectivity index (χ0n) is 10.0. The number of hydrogen-bond acceptors (Lipinski definition) is 2. The van der Waals surface area contributed by atoms with Crippen LogP contribution in [-0.4, -0.2) is 0 Å². The van der Waals surface area contributed by atoms with Crippen LogP contribution in [0, 0.1) is 12.7 Å². The molecule has 0 heterocycles. The van der Waals surface area contributed by atoms with E-state index in [1.807, 2.05) is 0 Å². The summed E-state index contributed by atoms with van der Waals surface area (Å²) in [5.74, 6) is -1.39. The van der Waals surface area contributed by atoms with E-state index in [0.29, 0.717) is 4.90 Å². The van der Waals surface area contributed by atoms with Crippen LogP contribution in [0.3, 0.4) is 0 Å². The maximum Gasteiger partial charge on any atom is 0.426 e. The van der Waals surface area contributed by atoms with E-state index in [9.17, 15) is 13.2 Å². The second-order valence-electron chi connectivity index (χ2n) is 4.10. The van der Waals surface area contributed by atoms with Crippen LogP contribution in [0.1, 0.15) is 11.1 Å². The van der Waals surface area contributed by atoms with Crippen molar-refractivity contribution >= 4 is 12.6 Å². The highest BCUT2D eigenvalue weighted by Gasteiger charge is 2.35. The van der Waals surface area contributed by atoms with E-state index in [1.165, 1.54) is 18.2 Å². The van der Waals surface area contributed by atoms with Gasteiger partial charge in [-0.2, -0.15) is 8.78 Å². The van der Waals surface area contributed by atoms with E-state index < -0.39 is 17.7 Å². The van der Waals surface area contributed by atoms with Gasteiger partial charge in [0, 0.05) is 4.90 Å². The van der Waals surface area contributed by atoms with Gasteiger partial charge < -0.3 is 4.74 Å². The predicted molar refractivity (Wildman–Crippen MR) is 69.4 cm³/mol. The van der Waals surface area contributed by atoms with Gasteiger partial charge in [-0.05, 0) is 37.3 Å². The minimum Gasteiger partial charge on any atom is -0.426 e. The molecule has 0 radical (unpaired) electrons. The molecule has 0 spiro atoms. The highest BCUT2D eigenvalue weighted by molar-refractivity contribution is 7.80. The highest BCUT2D eigenvalue weighted by Crippen LogP contribution is 2.33. The predicted octanol–water partition coefficient (Wildman–Crippen LogP) is 4.55. The number of aryl methyl sites for hydroxylation is 1. The van der Waals surface area contributed by atoms with Gasteiger partial charge in [-0.3, -0.25) is 0 Å². The quantitative estimate of drug-likeness (QED) is 0.813. The number of benzene rings is 2. The number of alkyl halides is 2. The molecule has 0 saturated carbocycles. The van der Waals surface area contributed by atoms with Crippen molar-refractivity contribution in [2.24, 2.45) is 0 Å². The van der Waals surface area contributed by atoms with Gasteiger partial charge in [-0.15, -0.1) is 12.6 Å². The molecule has 0 aromatic heterocycles. The summed E-state index contributed by atoms with van der Waals surface area (Å²) in [6.07, 6.45) is -3.59. The van der Waals surface area contributed by atoms with Crippen LogP contribution >= 0.6 is 12.6 Å². The Morgan fingerprint density at radius 2 is 1.68 bits per heavy atom. The third kappa shape index (κ3) is 3.23. The fourth-order valence-corrected chi connectivity index (χ4v) is 1.71. The van der Waals surface area contributed by atoms with Crippen molar-refractivity contribution in [3.63, 3.8) is 0 Å². The fraction of sp³-hybridized carbons (Fsp3) is 0.143.